The van der Waals surface area contributed by atoms with Gasteiger partial charge in [0.25, 0.3) is 0 Å². The highest BCUT2D eigenvalue weighted by Crippen LogP contribution is 2.38. The van der Waals surface area contributed by atoms with Crippen molar-refractivity contribution in [3.05, 3.63) is 16.0 Å². The molecule has 0 spiro atoms. The van der Waals surface area contributed by atoms with Crippen LogP contribution in [-0.2, 0) is 22.4 Å². The minimum Gasteiger partial charge on any atom is -0.462 e. The highest BCUT2D eigenvalue weighted by Gasteiger charge is 2.27. The van der Waals surface area contributed by atoms with Gasteiger partial charge in [0.1, 0.15) is 5.00 Å². The lowest BCUT2D eigenvalue weighted by molar-refractivity contribution is -0.115. The minimum atomic E-state index is -0.308. The predicted molar refractivity (Wildman–Crippen MR) is 105 cm³/mol. The first-order chi connectivity index (χ1) is 12.7. The van der Waals surface area contributed by atoms with Crippen molar-refractivity contribution in [2.45, 2.75) is 64.7 Å². The van der Waals surface area contributed by atoms with Crippen molar-refractivity contribution in [1.82, 2.24) is 5.32 Å². The molecule has 144 valence electrons. The van der Waals surface area contributed by atoms with E-state index < -0.39 is 0 Å². The summed E-state index contributed by atoms with van der Waals surface area (Å²) in [4.78, 5) is 26.0. The zero-order chi connectivity index (χ0) is 18.4. The van der Waals surface area contributed by atoms with Gasteiger partial charge in [-0.1, -0.05) is 19.3 Å². The van der Waals surface area contributed by atoms with Gasteiger partial charge in [-0.15, -0.1) is 11.3 Å². The van der Waals surface area contributed by atoms with E-state index in [0.29, 0.717) is 29.6 Å². The van der Waals surface area contributed by atoms with E-state index in [1.165, 1.54) is 37.0 Å². The Morgan fingerprint density at radius 1 is 1.12 bits per heavy atom. The Labute approximate surface area is 159 Å². The van der Waals surface area contributed by atoms with Gasteiger partial charge in [0.2, 0.25) is 5.91 Å². The summed E-state index contributed by atoms with van der Waals surface area (Å²) in [5.41, 5.74) is 1.68. The predicted octanol–water partition coefficient (Wildman–Crippen LogP) is 3.91. The molecule has 2 N–H and O–H groups in total. The van der Waals surface area contributed by atoms with Crippen molar-refractivity contribution in [2.24, 2.45) is 5.92 Å². The van der Waals surface area contributed by atoms with E-state index in [0.717, 1.165) is 37.8 Å². The number of ether oxygens (including phenoxy) is 1. The summed E-state index contributed by atoms with van der Waals surface area (Å²) in [7, 11) is 0. The normalized spacial score (nSPS) is 17.6. The summed E-state index contributed by atoms with van der Waals surface area (Å²) in [6.07, 6.45) is 10.6. The second-order valence-electron chi connectivity index (χ2n) is 7.32. The van der Waals surface area contributed by atoms with Gasteiger partial charge in [-0.05, 0) is 63.5 Å². The van der Waals surface area contributed by atoms with Crippen LogP contribution in [-0.4, -0.2) is 31.6 Å². The summed E-state index contributed by atoms with van der Waals surface area (Å²) < 4.78 is 5.24. The van der Waals surface area contributed by atoms with E-state index in [1.807, 2.05) is 6.92 Å². The van der Waals surface area contributed by atoms with Crippen LogP contribution in [0.4, 0.5) is 5.00 Å². The third-order valence-electron chi connectivity index (χ3n) is 5.35. The van der Waals surface area contributed by atoms with Crippen molar-refractivity contribution >= 4 is 28.2 Å². The number of esters is 1. The van der Waals surface area contributed by atoms with Gasteiger partial charge < -0.3 is 15.4 Å². The number of hydrogen-bond donors (Lipinski definition) is 2. The molecule has 3 rings (SSSR count). The molecule has 0 aliphatic heterocycles. The lowest BCUT2D eigenvalue weighted by Gasteiger charge is -2.21. The zero-order valence-corrected chi connectivity index (χ0v) is 16.5. The molecule has 2 aliphatic rings. The molecule has 0 atom stereocenters. The lowest BCUT2D eigenvalue weighted by atomic mass is 9.89. The lowest BCUT2D eigenvalue weighted by Crippen LogP contribution is -2.32. The highest BCUT2D eigenvalue weighted by molar-refractivity contribution is 7.17. The summed E-state index contributed by atoms with van der Waals surface area (Å²) in [5, 5.41) is 6.91. The van der Waals surface area contributed by atoms with Crippen molar-refractivity contribution in [3.63, 3.8) is 0 Å². The van der Waals surface area contributed by atoms with Crippen LogP contribution >= 0.6 is 11.3 Å². The Morgan fingerprint density at radius 2 is 1.88 bits per heavy atom. The number of amides is 1. The maximum Gasteiger partial charge on any atom is 0.341 e. The zero-order valence-electron chi connectivity index (χ0n) is 15.7. The fourth-order valence-electron chi connectivity index (χ4n) is 4.03. The molecule has 0 bridgehead atoms. The number of carbonyl (C=O) groups is 2. The van der Waals surface area contributed by atoms with Crippen LogP contribution in [0.5, 0.6) is 0 Å². The number of nitrogens with one attached hydrogen (secondary N) is 2. The van der Waals surface area contributed by atoms with Crippen LogP contribution in [0.1, 0.15) is 72.7 Å². The van der Waals surface area contributed by atoms with Crippen LogP contribution in [0.25, 0.3) is 0 Å². The molecular formula is C20H30N2O3S. The minimum absolute atomic E-state index is 0.0787. The summed E-state index contributed by atoms with van der Waals surface area (Å²) in [6.45, 7) is 3.35. The Kier molecular flexibility index (Phi) is 7.08. The average molecular weight is 379 g/mol. The standard InChI is InChI=1S/C20H30N2O3S/c1-2-25-20(24)18-15-10-6-7-11-16(15)26-19(18)22-17(23)13-21-12-14-8-4-3-5-9-14/h14,21H,2-13H2,1H3,(H,22,23). The van der Waals surface area contributed by atoms with Gasteiger partial charge in [-0.3, -0.25) is 4.79 Å². The van der Waals surface area contributed by atoms with Gasteiger partial charge in [0.05, 0.1) is 18.7 Å². The fraction of sp³-hybridized carbons (Fsp3) is 0.700. The van der Waals surface area contributed by atoms with Crippen LogP contribution in [0.15, 0.2) is 0 Å². The largest absolute Gasteiger partial charge is 0.462 e. The molecule has 0 unspecified atom stereocenters. The van der Waals surface area contributed by atoms with Gasteiger partial charge in [-0.2, -0.15) is 0 Å². The Morgan fingerprint density at radius 3 is 2.65 bits per heavy atom. The van der Waals surface area contributed by atoms with Crippen LogP contribution in [0.3, 0.4) is 0 Å². The van der Waals surface area contributed by atoms with Crippen LogP contribution in [0, 0.1) is 5.92 Å². The third kappa shape index (κ3) is 4.86. The molecule has 1 aromatic rings. The number of anilines is 1. The molecular weight excluding hydrogens is 348 g/mol. The Balaban J connectivity index is 1.59. The first-order valence-corrected chi connectivity index (χ1v) is 10.8. The van der Waals surface area contributed by atoms with Crippen LogP contribution < -0.4 is 10.6 Å². The van der Waals surface area contributed by atoms with Gasteiger partial charge >= 0.3 is 5.97 Å². The van der Waals surface area contributed by atoms with Gasteiger partial charge in [0, 0.05) is 4.88 Å². The molecule has 2 aliphatic carbocycles. The maximum absolute atomic E-state index is 12.4. The molecule has 0 saturated heterocycles. The Bertz CT molecular complexity index is 635. The smallest absolute Gasteiger partial charge is 0.341 e. The Hall–Kier alpha value is -1.40. The number of carbonyl (C=O) groups excluding carboxylic acids is 2. The molecule has 1 aromatic heterocycles. The maximum atomic E-state index is 12.4. The fourth-order valence-corrected chi connectivity index (χ4v) is 5.32. The summed E-state index contributed by atoms with van der Waals surface area (Å²) in [5.74, 6) is 0.308. The van der Waals surface area contributed by atoms with E-state index in [-0.39, 0.29) is 11.9 Å². The van der Waals surface area contributed by atoms with Crippen molar-refractivity contribution in [3.8, 4) is 0 Å². The summed E-state index contributed by atoms with van der Waals surface area (Å²) in [6, 6.07) is 0. The quantitative estimate of drug-likeness (QED) is 0.706. The van der Waals surface area contributed by atoms with Gasteiger partial charge in [0.15, 0.2) is 0 Å². The van der Waals surface area contributed by atoms with E-state index in [1.54, 1.807) is 11.3 Å². The first-order valence-electron chi connectivity index (χ1n) is 10.0. The first kappa shape index (κ1) is 19.4. The van der Waals surface area contributed by atoms with Gasteiger partial charge in [-0.25, -0.2) is 4.79 Å². The second kappa shape index (κ2) is 9.51. The molecule has 1 heterocycles. The van der Waals surface area contributed by atoms with E-state index in [9.17, 15) is 9.59 Å². The van der Waals surface area contributed by atoms with Crippen molar-refractivity contribution in [2.75, 3.05) is 25.0 Å². The molecule has 0 aromatic carbocycles. The molecule has 1 saturated carbocycles. The van der Waals surface area contributed by atoms with Crippen molar-refractivity contribution in [1.29, 1.82) is 0 Å². The van der Waals surface area contributed by atoms with Crippen molar-refractivity contribution < 1.29 is 14.3 Å². The van der Waals surface area contributed by atoms with Crippen LogP contribution in [0.2, 0.25) is 0 Å². The second-order valence-corrected chi connectivity index (χ2v) is 8.42. The highest BCUT2D eigenvalue weighted by atomic mass is 32.1. The number of aryl methyl sites for hydroxylation is 1. The number of thiophene rings is 1. The molecule has 26 heavy (non-hydrogen) atoms. The number of fused-ring (bicyclic) bond motifs is 1. The SMILES string of the molecule is CCOC(=O)c1c(NC(=O)CNCC2CCCCC2)sc2c1CCCC2. The van der Waals surface area contributed by atoms with E-state index >= 15 is 0 Å². The number of hydrogen-bond acceptors (Lipinski definition) is 5. The van der Waals surface area contributed by atoms with E-state index in [4.69, 9.17) is 4.74 Å². The topological polar surface area (TPSA) is 67.4 Å². The number of rotatable bonds is 7. The average Bonchev–Trinajstić information content (AvgIpc) is 3.00. The monoisotopic (exact) mass is 378 g/mol. The molecule has 1 amide bonds. The summed E-state index contributed by atoms with van der Waals surface area (Å²) >= 11 is 1.55. The molecule has 6 heteroatoms. The molecule has 5 nitrogen and oxygen atoms in total. The van der Waals surface area contributed by atoms with E-state index in [2.05, 4.69) is 10.6 Å². The third-order valence-corrected chi connectivity index (χ3v) is 6.55. The molecule has 1 fully saturated rings. The molecule has 0 radical (unpaired) electrons.